The molecule has 6 rings (SSSR count). The molecule has 2 aliphatic rings. The number of unbranched alkanes of at least 4 members (excludes halogenated alkanes) is 3. The van der Waals surface area contributed by atoms with E-state index in [-0.39, 0.29) is 23.8 Å². The molecule has 2 aliphatic heterocycles. The van der Waals surface area contributed by atoms with Gasteiger partial charge in [0, 0.05) is 51.1 Å². The molecule has 0 aromatic heterocycles. The van der Waals surface area contributed by atoms with Crippen molar-refractivity contribution in [1.82, 2.24) is 9.80 Å². The van der Waals surface area contributed by atoms with Crippen molar-refractivity contribution >= 4 is 11.8 Å². The molecule has 0 saturated heterocycles. The molecule has 2 heterocycles. The fourth-order valence-corrected chi connectivity index (χ4v) is 9.30. The molecule has 2 atom stereocenters. The number of Topliss-reactive ketones (excluding diaryl/α,β-unsaturated/α-hetero) is 1. The Morgan fingerprint density at radius 2 is 0.892 bits per heavy atom. The third kappa shape index (κ3) is 12.4. The number of fused-ring (bicyclic) bond motifs is 2. The van der Waals surface area contributed by atoms with Crippen molar-refractivity contribution in [3.63, 3.8) is 0 Å². The topological polar surface area (TPSA) is 124 Å². The molecule has 13 nitrogen and oxygen atoms in total. The van der Waals surface area contributed by atoms with E-state index in [0.29, 0.717) is 85.6 Å². The van der Waals surface area contributed by atoms with Gasteiger partial charge in [-0.3, -0.25) is 19.4 Å². The van der Waals surface area contributed by atoms with Gasteiger partial charge in [0.25, 0.3) is 0 Å². The van der Waals surface area contributed by atoms with Gasteiger partial charge in [-0.15, -0.1) is 0 Å². The van der Waals surface area contributed by atoms with Crippen LogP contribution in [-0.4, -0.2) is 111 Å². The number of carbonyl (C=O) groups is 2. The van der Waals surface area contributed by atoms with Gasteiger partial charge in [-0.1, -0.05) is 25.0 Å². The Kier molecular flexibility index (Phi) is 18.0. The van der Waals surface area contributed by atoms with Crippen LogP contribution in [0, 0.1) is 0 Å². The van der Waals surface area contributed by atoms with E-state index in [2.05, 4.69) is 46.2 Å². The molecule has 13 heteroatoms. The summed E-state index contributed by atoms with van der Waals surface area (Å²) in [6.45, 7) is 3.24. The Bertz CT molecular complexity index is 2060. The summed E-state index contributed by atoms with van der Waals surface area (Å²) in [5.41, 5.74) is 6.99. The van der Waals surface area contributed by atoms with Crippen LogP contribution in [0.2, 0.25) is 0 Å². The number of hydrogen-bond donors (Lipinski definition) is 0. The van der Waals surface area contributed by atoms with Gasteiger partial charge < -0.3 is 42.6 Å². The molecule has 352 valence electrons. The maximum absolute atomic E-state index is 13.2. The Morgan fingerprint density at radius 3 is 1.35 bits per heavy atom. The van der Waals surface area contributed by atoms with E-state index in [0.717, 1.165) is 80.5 Å². The van der Waals surface area contributed by atoms with Crippen LogP contribution in [0.3, 0.4) is 0 Å². The molecule has 65 heavy (non-hydrogen) atoms. The minimum Gasteiger partial charge on any atom is -0.493 e. The van der Waals surface area contributed by atoms with Crippen molar-refractivity contribution < 1.29 is 52.2 Å². The highest BCUT2D eigenvalue weighted by Crippen LogP contribution is 2.42. The highest BCUT2D eigenvalue weighted by Gasteiger charge is 2.32. The van der Waals surface area contributed by atoms with Crippen molar-refractivity contribution in [3.05, 3.63) is 94.0 Å². The molecule has 0 bridgehead atoms. The average Bonchev–Trinajstić information content (AvgIpc) is 3.34. The second-order valence-electron chi connectivity index (χ2n) is 16.6. The van der Waals surface area contributed by atoms with Crippen molar-refractivity contribution in [2.75, 3.05) is 89.7 Å². The Hall–Kier alpha value is -5.66. The molecular weight excluding hydrogens is 829 g/mol. The molecule has 0 spiro atoms. The average molecular weight is 897 g/mol. The van der Waals surface area contributed by atoms with Crippen LogP contribution in [0.4, 0.5) is 0 Å². The van der Waals surface area contributed by atoms with E-state index in [1.54, 1.807) is 56.9 Å². The van der Waals surface area contributed by atoms with Crippen LogP contribution in [0.1, 0.15) is 90.4 Å². The largest absolute Gasteiger partial charge is 0.493 e. The van der Waals surface area contributed by atoms with E-state index in [1.807, 2.05) is 24.3 Å². The first kappa shape index (κ1) is 48.8. The minimum absolute atomic E-state index is 0.00266. The number of benzene rings is 4. The van der Waals surface area contributed by atoms with Gasteiger partial charge in [-0.2, -0.15) is 0 Å². The Morgan fingerprint density at radius 1 is 0.477 bits per heavy atom. The third-order valence-electron chi connectivity index (χ3n) is 12.9. The lowest BCUT2D eigenvalue weighted by Crippen LogP contribution is -2.38. The fourth-order valence-electron chi connectivity index (χ4n) is 9.30. The predicted molar refractivity (Wildman–Crippen MR) is 250 cm³/mol. The molecule has 4 aromatic carbocycles. The van der Waals surface area contributed by atoms with Crippen LogP contribution in [0.5, 0.6) is 46.0 Å². The summed E-state index contributed by atoms with van der Waals surface area (Å²) < 4.78 is 50.5. The predicted octanol–water partition coefficient (Wildman–Crippen LogP) is 8.58. The number of nitrogens with zero attached hydrogens (tertiary/aromatic N) is 2. The van der Waals surface area contributed by atoms with Crippen molar-refractivity contribution in [1.29, 1.82) is 0 Å². The Balaban J connectivity index is 0.957. The summed E-state index contributed by atoms with van der Waals surface area (Å²) in [6.07, 6.45) is 7.83. The van der Waals surface area contributed by atoms with Gasteiger partial charge in [0.05, 0.1) is 69.9 Å². The van der Waals surface area contributed by atoms with Crippen LogP contribution in [-0.2, 0) is 40.0 Å². The standard InChI is InChI=1S/C52H68N2O11/c1-57-44-16-14-35(29-46(44)59-3)27-42-40-33-50(63-7)48(61-5)31-37(40)18-22-53(42)24-20-39(55)13-11-9-10-12-26-65-52(56)21-25-54-23-19-38-32-49(62-6)51(64-8)34-41(38)43(54)28-36-15-17-45(58-2)47(30-36)60-4/h14-17,29-34,42-43H,9-13,18-28H2,1-8H3/t42-,43-/m1/s1. The number of methoxy groups -OCH3 is 8. The summed E-state index contributed by atoms with van der Waals surface area (Å²) in [5.74, 6) is 5.60. The van der Waals surface area contributed by atoms with Crippen LogP contribution >= 0.6 is 0 Å². The minimum atomic E-state index is -0.203. The molecule has 0 amide bonds. The summed E-state index contributed by atoms with van der Waals surface area (Å²) in [6, 6.07) is 20.4. The van der Waals surface area contributed by atoms with Gasteiger partial charge in [0.2, 0.25) is 0 Å². The molecular formula is C52H68N2O11. The molecule has 0 radical (unpaired) electrons. The highest BCUT2D eigenvalue weighted by molar-refractivity contribution is 5.78. The molecule has 4 aromatic rings. The molecule has 0 aliphatic carbocycles. The monoisotopic (exact) mass is 896 g/mol. The first-order chi connectivity index (χ1) is 31.7. The van der Waals surface area contributed by atoms with Crippen LogP contribution in [0.15, 0.2) is 60.7 Å². The lowest BCUT2D eigenvalue weighted by atomic mass is 9.87. The number of ether oxygens (including phenoxy) is 9. The maximum Gasteiger partial charge on any atom is 0.307 e. The molecule has 0 saturated carbocycles. The smallest absolute Gasteiger partial charge is 0.307 e. The SMILES string of the molecule is COc1ccc(C[C@@H]2c3cc(OC)c(OC)cc3CCN2CCC(=O)CCCCCCOC(=O)CCN2CCc3cc(OC)c(OC)cc3[C@H]2Cc2ccc(OC)c(OC)c2)cc1OC. The van der Waals surface area contributed by atoms with Crippen molar-refractivity contribution in [2.45, 2.75) is 82.7 Å². The second-order valence-corrected chi connectivity index (χ2v) is 16.6. The summed E-state index contributed by atoms with van der Waals surface area (Å²) in [4.78, 5) is 31.1. The summed E-state index contributed by atoms with van der Waals surface area (Å²) in [5, 5.41) is 0. The zero-order valence-corrected chi connectivity index (χ0v) is 39.6. The first-order valence-electron chi connectivity index (χ1n) is 22.7. The van der Waals surface area contributed by atoms with E-state index >= 15 is 0 Å². The van der Waals surface area contributed by atoms with Gasteiger partial charge in [0.1, 0.15) is 5.78 Å². The van der Waals surface area contributed by atoms with Crippen molar-refractivity contribution in [3.8, 4) is 46.0 Å². The zero-order chi connectivity index (χ0) is 46.3. The van der Waals surface area contributed by atoms with E-state index in [1.165, 1.54) is 16.7 Å². The summed E-state index contributed by atoms with van der Waals surface area (Å²) in [7, 11) is 13.2. The first-order valence-corrected chi connectivity index (χ1v) is 22.7. The second kappa shape index (κ2) is 24.0. The maximum atomic E-state index is 13.2. The molecule has 0 fully saturated rings. The highest BCUT2D eigenvalue weighted by atomic mass is 16.5. The third-order valence-corrected chi connectivity index (χ3v) is 12.9. The van der Waals surface area contributed by atoms with Gasteiger partial charge in [-0.25, -0.2) is 0 Å². The lowest BCUT2D eigenvalue weighted by molar-refractivity contribution is -0.144. The van der Waals surface area contributed by atoms with E-state index in [4.69, 9.17) is 42.6 Å². The normalized spacial score (nSPS) is 15.9. The summed E-state index contributed by atoms with van der Waals surface area (Å²) >= 11 is 0. The Labute approximate surface area is 385 Å². The number of hydrogen-bond acceptors (Lipinski definition) is 13. The van der Waals surface area contributed by atoms with Gasteiger partial charge in [-0.05, 0) is 120 Å². The fraction of sp³-hybridized carbons (Fsp3) is 0.500. The lowest BCUT2D eigenvalue weighted by Gasteiger charge is -2.38. The van der Waals surface area contributed by atoms with Crippen molar-refractivity contribution in [2.24, 2.45) is 0 Å². The molecule has 0 N–H and O–H groups in total. The van der Waals surface area contributed by atoms with Gasteiger partial charge in [0.15, 0.2) is 46.0 Å². The van der Waals surface area contributed by atoms with E-state index < -0.39 is 0 Å². The quantitative estimate of drug-likeness (QED) is 0.0467. The number of esters is 1. The van der Waals surface area contributed by atoms with Crippen LogP contribution < -0.4 is 37.9 Å². The van der Waals surface area contributed by atoms with Crippen LogP contribution in [0.25, 0.3) is 0 Å². The van der Waals surface area contributed by atoms with Gasteiger partial charge >= 0.3 is 5.97 Å². The molecule has 0 unspecified atom stereocenters. The number of rotatable bonds is 25. The zero-order valence-electron chi connectivity index (χ0n) is 39.6. The number of ketones is 1. The number of carbonyl (C=O) groups excluding carboxylic acids is 2. The van der Waals surface area contributed by atoms with E-state index in [9.17, 15) is 9.59 Å².